The van der Waals surface area contributed by atoms with Crippen LogP contribution in [0.5, 0.6) is 0 Å². The molecule has 98 valence electrons. The van der Waals surface area contributed by atoms with Crippen LogP contribution in [-0.2, 0) is 0 Å². The maximum absolute atomic E-state index is 12.2. The lowest BCUT2D eigenvalue weighted by atomic mass is 9.78. The van der Waals surface area contributed by atoms with Crippen molar-refractivity contribution in [3.8, 4) is 0 Å². The topological polar surface area (TPSA) is 29.1 Å². The Morgan fingerprint density at radius 1 is 1.22 bits per heavy atom. The van der Waals surface area contributed by atoms with Gasteiger partial charge in [-0.05, 0) is 65.1 Å². The largest absolute Gasteiger partial charge is 0.349 e. The minimum absolute atomic E-state index is 0.0670. The molecule has 0 heterocycles. The van der Waals surface area contributed by atoms with Crippen molar-refractivity contribution in [3.05, 3.63) is 33.4 Å². The van der Waals surface area contributed by atoms with Gasteiger partial charge in [-0.15, -0.1) is 0 Å². The molecule has 3 heteroatoms. The van der Waals surface area contributed by atoms with E-state index in [1.165, 1.54) is 12.8 Å². The molecular weight excluding hydrogens is 337 g/mol. The van der Waals surface area contributed by atoms with Crippen LogP contribution in [0, 0.1) is 15.4 Å². The van der Waals surface area contributed by atoms with Gasteiger partial charge in [0.25, 0.3) is 5.91 Å². The molecule has 0 radical (unpaired) electrons. The summed E-state index contributed by atoms with van der Waals surface area (Å²) in [5.41, 5.74) is 0.765. The van der Waals surface area contributed by atoms with Crippen LogP contribution in [0.3, 0.4) is 0 Å². The van der Waals surface area contributed by atoms with Crippen LogP contribution in [-0.4, -0.2) is 11.9 Å². The van der Waals surface area contributed by atoms with Gasteiger partial charge in [-0.2, -0.15) is 0 Å². The number of nitrogens with one attached hydrogen (secondary N) is 1. The average Bonchev–Trinajstić information content (AvgIpc) is 2.36. The number of rotatable bonds is 2. The molecule has 0 saturated heterocycles. The summed E-state index contributed by atoms with van der Waals surface area (Å²) in [6.07, 6.45) is 3.63. The van der Waals surface area contributed by atoms with Crippen LogP contribution in [0.1, 0.15) is 43.5 Å². The van der Waals surface area contributed by atoms with E-state index in [0.717, 1.165) is 15.6 Å². The van der Waals surface area contributed by atoms with E-state index in [1.807, 2.05) is 24.3 Å². The Kier molecular flexibility index (Phi) is 4.65. The number of halogens is 1. The van der Waals surface area contributed by atoms with Gasteiger partial charge >= 0.3 is 0 Å². The van der Waals surface area contributed by atoms with E-state index in [2.05, 4.69) is 41.8 Å². The highest BCUT2D eigenvalue weighted by molar-refractivity contribution is 14.1. The molecule has 1 aliphatic carbocycles. The van der Waals surface area contributed by atoms with Crippen molar-refractivity contribution in [1.29, 1.82) is 0 Å². The second-order valence-corrected chi connectivity index (χ2v) is 6.60. The third kappa shape index (κ3) is 3.25. The normalized spacial score (nSPS) is 27.8. The Labute approximate surface area is 123 Å². The van der Waals surface area contributed by atoms with Crippen LogP contribution in [0.4, 0.5) is 0 Å². The zero-order chi connectivity index (χ0) is 13.1. The molecule has 1 N–H and O–H groups in total. The molecule has 2 rings (SSSR count). The minimum atomic E-state index is 0.0670. The van der Waals surface area contributed by atoms with Crippen LogP contribution >= 0.6 is 22.6 Å². The number of hydrogen-bond donors (Lipinski definition) is 1. The highest BCUT2D eigenvalue weighted by atomic mass is 127. The Morgan fingerprint density at radius 3 is 2.56 bits per heavy atom. The first-order valence-corrected chi connectivity index (χ1v) is 7.72. The Morgan fingerprint density at radius 2 is 1.89 bits per heavy atom. The molecule has 18 heavy (non-hydrogen) atoms. The van der Waals surface area contributed by atoms with Crippen molar-refractivity contribution in [1.82, 2.24) is 5.32 Å². The van der Waals surface area contributed by atoms with Crippen LogP contribution in [0.25, 0.3) is 0 Å². The maximum Gasteiger partial charge on any atom is 0.251 e. The molecular formula is C15H20INO. The SMILES string of the molecule is C[C@@H]1[C@H](C)CCC[C@H]1NC(=O)c1ccc(I)cc1. The number of carbonyl (C=O) groups is 1. The Hall–Kier alpha value is -0.580. The molecule has 0 aliphatic heterocycles. The van der Waals surface area contributed by atoms with Gasteiger partial charge in [0.15, 0.2) is 0 Å². The number of carbonyl (C=O) groups excluding carboxylic acids is 1. The predicted octanol–water partition coefficient (Wildman–Crippen LogP) is 3.85. The number of amides is 1. The van der Waals surface area contributed by atoms with Gasteiger partial charge in [-0.1, -0.05) is 26.7 Å². The van der Waals surface area contributed by atoms with E-state index in [4.69, 9.17) is 0 Å². The zero-order valence-electron chi connectivity index (χ0n) is 10.9. The van der Waals surface area contributed by atoms with Crippen molar-refractivity contribution >= 4 is 28.5 Å². The van der Waals surface area contributed by atoms with Crippen molar-refractivity contribution in [2.24, 2.45) is 11.8 Å². The van der Waals surface area contributed by atoms with Crippen molar-refractivity contribution in [2.75, 3.05) is 0 Å². The molecule has 0 bridgehead atoms. The lowest BCUT2D eigenvalue weighted by molar-refractivity contribution is 0.0891. The molecule has 1 amide bonds. The quantitative estimate of drug-likeness (QED) is 0.801. The van der Waals surface area contributed by atoms with E-state index < -0.39 is 0 Å². The van der Waals surface area contributed by atoms with Gasteiger partial charge in [-0.25, -0.2) is 0 Å². The second kappa shape index (κ2) is 6.04. The molecule has 0 spiro atoms. The van der Waals surface area contributed by atoms with E-state index >= 15 is 0 Å². The van der Waals surface area contributed by atoms with Gasteiger partial charge in [0.05, 0.1) is 0 Å². The fourth-order valence-electron chi connectivity index (χ4n) is 2.64. The fraction of sp³-hybridized carbons (Fsp3) is 0.533. The third-order valence-corrected chi connectivity index (χ3v) is 4.85. The van der Waals surface area contributed by atoms with Crippen molar-refractivity contribution < 1.29 is 4.79 Å². The summed E-state index contributed by atoms with van der Waals surface area (Å²) in [5, 5.41) is 3.19. The molecule has 0 aromatic heterocycles. The smallest absolute Gasteiger partial charge is 0.251 e. The molecule has 3 atom stereocenters. The highest BCUT2D eigenvalue weighted by Crippen LogP contribution is 2.29. The van der Waals surface area contributed by atoms with E-state index in [-0.39, 0.29) is 5.91 Å². The van der Waals surface area contributed by atoms with Gasteiger partial charge in [0.1, 0.15) is 0 Å². The summed E-state index contributed by atoms with van der Waals surface area (Å²) in [7, 11) is 0. The average molecular weight is 357 g/mol. The number of hydrogen-bond acceptors (Lipinski definition) is 1. The van der Waals surface area contributed by atoms with E-state index in [1.54, 1.807) is 0 Å². The zero-order valence-corrected chi connectivity index (χ0v) is 13.1. The fourth-order valence-corrected chi connectivity index (χ4v) is 3.00. The van der Waals surface area contributed by atoms with Gasteiger partial charge in [-0.3, -0.25) is 4.79 Å². The monoisotopic (exact) mass is 357 g/mol. The first-order valence-electron chi connectivity index (χ1n) is 6.64. The summed E-state index contributed by atoms with van der Waals surface area (Å²) in [4.78, 5) is 12.2. The van der Waals surface area contributed by atoms with Crippen LogP contribution in [0.15, 0.2) is 24.3 Å². The summed E-state index contributed by atoms with van der Waals surface area (Å²) < 4.78 is 1.16. The minimum Gasteiger partial charge on any atom is -0.349 e. The highest BCUT2D eigenvalue weighted by Gasteiger charge is 2.28. The molecule has 0 unspecified atom stereocenters. The molecule has 1 aromatic carbocycles. The van der Waals surface area contributed by atoms with Crippen molar-refractivity contribution in [3.63, 3.8) is 0 Å². The summed E-state index contributed by atoms with van der Waals surface area (Å²) in [6.45, 7) is 4.54. The Bertz CT molecular complexity index is 415. The molecule has 1 fully saturated rings. The third-order valence-electron chi connectivity index (χ3n) is 4.13. The standard InChI is InChI=1S/C15H20INO/c1-10-4-3-5-14(11(10)2)17-15(18)12-6-8-13(16)9-7-12/h6-11,14H,3-5H2,1-2H3,(H,17,18)/t10-,11-,14-/m1/s1. The van der Waals surface area contributed by atoms with E-state index in [0.29, 0.717) is 17.9 Å². The van der Waals surface area contributed by atoms with Gasteiger partial charge in [0, 0.05) is 15.2 Å². The van der Waals surface area contributed by atoms with Crippen molar-refractivity contribution in [2.45, 2.75) is 39.2 Å². The predicted molar refractivity (Wildman–Crippen MR) is 82.6 cm³/mol. The molecule has 2 nitrogen and oxygen atoms in total. The first kappa shape index (κ1) is 13.8. The molecule has 1 saturated carbocycles. The summed E-state index contributed by atoms with van der Waals surface area (Å²) >= 11 is 2.25. The first-order chi connectivity index (χ1) is 8.58. The lowest BCUT2D eigenvalue weighted by Gasteiger charge is -2.34. The second-order valence-electron chi connectivity index (χ2n) is 5.35. The summed E-state index contributed by atoms with van der Waals surface area (Å²) in [6, 6.07) is 8.08. The van der Waals surface area contributed by atoms with Gasteiger partial charge < -0.3 is 5.32 Å². The number of benzene rings is 1. The van der Waals surface area contributed by atoms with Crippen LogP contribution < -0.4 is 5.32 Å². The lowest BCUT2D eigenvalue weighted by Crippen LogP contribution is -2.43. The molecule has 1 aliphatic rings. The maximum atomic E-state index is 12.2. The molecule has 1 aromatic rings. The van der Waals surface area contributed by atoms with Gasteiger partial charge in [0.2, 0.25) is 0 Å². The van der Waals surface area contributed by atoms with E-state index in [9.17, 15) is 4.79 Å². The Balaban J connectivity index is 2.00. The van der Waals surface area contributed by atoms with Crippen LogP contribution in [0.2, 0.25) is 0 Å². The summed E-state index contributed by atoms with van der Waals surface area (Å²) in [5.74, 6) is 1.35.